The van der Waals surface area contributed by atoms with Crippen LogP contribution in [0.2, 0.25) is 5.02 Å². The number of hydrogen-bond acceptors (Lipinski definition) is 3. The Morgan fingerprint density at radius 3 is 2.62 bits per heavy atom. The minimum absolute atomic E-state index is 0.155. The summed E-state index contributed by atoms with van der Waals surface area (Å²) in [6.45, 7) is 2.46. The summed E-state index contributed by atoms with van der Waals surface area (Å²) in [6, 6.07) is 14.5. The van der Waals surface area contributed by atoms with Crippen LogP contribution in [0.5, 0.6) is 0 Å². The average Bonchev–Trinajstić information content (AvgIpc) is 2.83. The van der Waals surface area contributed by atoms with E-state index >= 15 is 0 Å². The zero-order chi connectivity index (χ0) is 17.3. The predicted molar refractivity (Wildman–Crippen MR) is 95.0 cm³/mol. The van der Waals surface area contributed by atoms with Crippen LogP contribution in [0, 0.1) is 6.92 Å². The third-order valence-electron chi connectivity index (χ3n) is 4.33. The molecule has 5 heteroatoms. The van der Waals surface area contributed by atoms with Crippen molar-refractivity contribution in [1.29, 1.82) is 0 Å². The summed E-state index contributed by atoms with van der Waals surface area (Å²) < 4.78 is 0. The summed E-state index contributed by atoms with van der Waals surface area (Å²) in [7, 11) is 1.86. The van der Waals surface area contributed by atoms with E-state index in [1.165, 1.54) is 4.90 Å². The standard InChI is InChI=1S/C19H19ClN2O2/c1-13-6-3-4-9-16(13)22-18(23)11-17(19(22)24)21(2)12-14-7-5-8-15(20)10-14/h3-10,17H,11-12H2,1-2H3/t17-/m0/s1. The van der Waals surface area contributed by atoms with Gasteiger partial charge in [-0.15, -0.1) is 0 Å². The molecule has 0 radical (unpaired) electrons. The van der Waals surface area contributed by atoms with Crippen molar-refractivity contribution in [3.8, 4) is 0 Å². The number of carbonyl (C=O) groups is 2. The number of likely N-dealkylation sites (N-methyl/N-ethyl adjacent to an activating group) is 1. The summed E-state index contributed by atoms with van der Waals surface area (Å²) in [4.78, 5) is 28.4. The monoisotopic (exact) mass is 342 g/mol. The molecule has 3 rings (SSSR count). The summed E-state index contributed by atoms with van der Waals surface area (Å²) >= 11 is 6.01. The summed E-state index contributed by atoms with van der Waals surface area (Å²) in [5.74, 6) is -0.323. The van der Waals surface area contributed by atoms with Crippen molar-refractivity contribution in [2.24, 2.45) is 0 Å². The highest BCUT2D eigenvalue weighted by atomic mass is 35.5. The number of amides is 2. The maximum atomic E-state index is 12.8. The molecular weight excluding hydrogens is 324 g/mol. The summed E-state index contributed by atoms with van der Waals surface area (Å²) in [6.07, 6.45) is 0.199. The van der Waals surface area contributed by atoms with Crippen LogP contribution in [-0.2, 0) is 16.1 Å². The van der Waals surface area contributed by atoms with Crippen LogP contribution in [0.4, 0.5) is 5.69 Å². The summed E-state index contributed by atoms with van der Waals surface area (Å²) in [5.41, 5.74) is 2.60. The molecule has 1 saturated heterocycles. The van der Waals surface area contributed by atoms with Crippen molar-refractivity contribution in [3.63, 3.8) is 0 Å². The number of hydrogen-bond donors (Lipinski definition) is 0. The molecule has 24 heavy (non-hydrogen) atoms. The molecule has 0 bridgehead atoms. The first-order chi connectivity index (χ1) is 11.5. The van der Waals surface area contributed by atoms with E-state index in [2.05, 4.69) is 0 Å². The van der Waals surface area contributed by atoms with Crippen LogP contribution in [0.3, 0.4) is 0 Å². The first-order valence-electron chi connectivity index (χ1n) is 7.84. The molecule has 0 N–H and O–H groups in total. The fourth-order valence-corrected chi connectivity index (χ4v) is 3.27. The van der Waals surface area contributed by atoms with E-state index in [-0.39, 0.29) is 18.2 Å². The van der Waals surface area contributed by atoms with Gasteiger partial charge in [0.2, 0.25) is 5.91 Å². The molecule has 2 amide bonds. The molecule has 4 nitrogen and oxygen atoms in total. The normalized spacial score (nSPS) is 17.8. The molecule has 0 aromatic heterocycles. The van der Waals surface area contributed by atoms with E-state index in [0.717, 1.165) is 11.1 Å². The molecule has 124 valence electrons. The number of rotatable bonds is 4. The van der Waals surface area contributed by atoms with Gasteiger partial charge in [0.15, 0.2) is 0 Å². The van der Waals surface area contributed by atoms with E-state index in [1.54, 1.807) is 0 Å². The Bertz CT molecular complexity index is 790. The van der Waals surface area contributed by atoms with Crippen molar-refractivity contribution in [2.75, 3.05) is 11.9 Å². The lowest BCUT2D eigenvalue weighted by atomic mass is 10.1. The number of imide groups is 1. The van der Waals surface area contributed by atoms with Crippen LogP contribution in [0.15, 0.2) is 48.5 Å². The number of halogens is 1. The van der Waals surface area contributed by atoms with Crippen molar-refractivity contribution in [3.05, 3.63) is 64.7 Å². The number of carbonyl (C=O) groups excluding carboxylic acids is 2. The van der Waals surface area contributed by atoms with Gasteiger partial charge in [0.05, 0.1) is 18.2 Å². The van der Waals surface area contributed by atoms with Gasteiger partial charge in [0.1, 0.15) is 0 Å². The Morgan fingerprint density at radius 2 is 1.92 bits per heavy atom. The highest BCUT2D eigenvalue weighted by molar-refractivity contribution is 6.30. The maximum absolute atomic E-state index is 12.8. The third kappa shape index (κ3) is 3.21. The van der Waals surface area contributed by atoms with E-state index in [0.29, 0.717) is 17.3 Å². The van der Waals surface area contributed by atoms with Gasteiger partial charge < -0.3 is 0 Å². The average molecular weight is 343 g/mol. The quantitative estimate of drug-likeness (QED) is 0.799. The molecular formula is C19H19ClN2O2. The number of para-hydroxylation sites is 1. The van der Waals surface area contributed by atoms with Crippen LogP contribution >= 0.6 is 11.6 Å². The van der Waals surface area contributed by atoms with E-state index in [1.807, 2.05) is 67.4 Å². The van der Waals surface area contributed by atoms with Gasteiger partial charge in [0, 0.05) is 11.6 Å². The van der Waals surface area contributed by atoms with Crippen molar-refractivity contribution in [2.45, 2.75) is 25.9 Å². The molecule has 1 aliphatic rings. The van der Waals surface area contributed by atoms with Crippen LogP contribution in [0.1, 0.15) is 17.5 Å². The topological polar surface area (TPSA) is 40.6 Å². The Hall–Kier alpha value is -2.17. The molecule has 0 unspecified atom stereocenters. The number of anilines is 1. The van der Waals surface area contributed by atoms with Gasteiger partial charge in [-0.3, -0.25) is 14.5 Å². The molecule has 0 aliphatic carbocycles. The Morgan fingerprint density at radius 1 is 1.17 bits per heavy atom. The fraction of sp³-hybridized carbons (Fsp3) is 0.263. The van der Waals surface area contributed by atoms with Gasteiger partial charge >= 0.3 is 0 Å². The van der Waals surface area contributed by atoms with E-state index in [4.69, 9.17) is 11.6 Å². The molecule has 0 saturated carbocycles. The van der Waals surface area contributed by atoms with Gasteiger partial charge in [0.25, 0.3) is 5.91 Å². The van der Waals surface area contributed by atoms with Gasteiger partial charge in [-0.2, -0.15) is 0 Å². The number of nitrogens with zero attached hydrogens (tertiary/aromatic N) is 2. The van der Waals surface area contributed by atoms with Gasteiger partial charge in [-0.1, -0.05) is 41.9 Å². The molecule has 1 fully saturated rings. The number of benzene rings is 2. The first kappa shape index (κ1) is 16.7. The maximum Gasteiger partial charge on any atom is 0.251 e. The van der Waals surface area contributed by atoms with Gasteiger partial charge in [-0.05, 0) is 43.3 Å². The zero-order valence-corrected chi connectivity index (χ0v) is 14.5. The second kappa shape index (κ2) is 6.75. The third-order valence-corrected chi connectivity index (χ3v) is 4.57. The highest BCUT2D eigenvalue weighted by Crippen LogP contribution is 2.28. The SMILES string of the molecule is Cc1ccccc1N1C(=O)C[C@H](N(C)Cc2cccc(Cl)c2)C1=O. The molecule has 0 spiro atoms. The molecule has 1 atom stereocenters. The minimum Gasteiger partial charge on any atom is -0.290 e. The van der Waals surface area contributed by atoms with E-state index in [9.17, 15) is 9.59 Å². The van der Waals surface area contributed by atoms with E-state index < -0.39 is 6.04 Å². The second-order valence-electron chi connectivity index (χ2n) is 6.12. The smallest absolute Gasteiger partial charge is 0.251 e. The van der Waals surface area contributed by atoms with Crippen LogP contribution < -0.4 is 4.90 Å². The summed E-state index contributed by atoms with van der Waals surface area (Å²) in [5, 5.41) is 0.663. The van der Waals surface area contributed by atoms with Crippen molar-refractivity contribution >= 4 is 29.1 Å². The molecule has 1 heterocycles. The number of aryl methyl sites for hydroxylation is 1. The zero-order valence-electron chi connectivity index (χ0n) is 13.7. The van der Waals surface area contributed by atoms with Crippen molar-refractivity contribution in [1.82, 2.24) is 4.90 Å². The fourth-order valence-electron chi connectivity index (χ4n) is 3.06. The first-order valence-corrected chi connectivity index (χ1v) is 8.22. The largest absolute Gasteiger partial charge is 0.290 e. The van der Waals surface area contributed by atoms with Crippen LogP contribution in [-0.4, -0.2) is 29.8 Å². The highest BCUT2D eigenvalue weighted by Gasteiger charge is 2.41. The molecule has 2 aromatic carbocycles. The lowest BCUT2D eigenvalue weighted by Gasteiger charge is -2.23. The minimum atomic E-state index is -0.448. The Labute approximate surface area is 146 Å². The molecule has 2 aromatic rings. The molecule has 1 aliphatic heterocycles. The van der Waals surface area contributed by atoms with Gasteiger partial charge in [-0.25, -0.2) is 4.90 Å². The Balaban J connectivity index is 1.80. The lowest BCUT2D eigenvalue weighted by Crippen LogP contribution is -2.39. The second-order valence-corrected chi connectivity index (χ2v) is 6.56. The van der Waals surface area contributed by atoms with Crippen LogP contribution in [0.25, 0.3) is 0 Å². The Kier molecular flexibility index (Phi) is 4.69. The lowest BCUT2D eigenvalue weighted by molar-refractivity contribution is -0.122. The predicted octanol–water partition coefficient (Wildman–Crippen LogP) is 3.41. The van der Waals surface area contributed by atoms with Crippen molar-refractivity contribution < 1.29 is 9.59 Å².